The fourth-order valence-corrected chi connectivity index (χ4v) is 3.45. The van der Waals surface area contributed by atoms with Crippen LogP contribution < -0.4 is 10.6 Å². The van der Waals surface area contributed by atoms with Crippen molar-refractivity contribution in [1.82, 2.24) is 5.32 Å². The van der Waals surface area contributed by atoms with Crippen LogP contribution in [0.5, 0.6) is 0 Å². The Hall–Kier alpha value is -2.02. The Bertz CT molecular complexity index is 840. The Balaban J connectivity index is 1.62. The molecule has 2 aromatic rings. The lowest BCUT2D eigenvalue weighted by Gasteiger charge is -2.08. The summed E-state index contributed by atoms with van der Waals surface area (Å²) >= 11 is 13.1. The molecule has 0 aliphatic carbocycles. The van der Waals surface area contributed by atoms with Crippen molar-refractivity contribution in [1.29, 1.82) is 0 Å². The second kappa shape index (κ2) is 7.91. The minimum absolute atomic E-state index is 0.0291. The molecule has 0 saturated carbocycles. The number of amidine groups is 1. The van der Waals surface area contributed by atoms with E-state index in [4.69, 9.17) is 23.2 Å². The topological polar surface area (TPSA) is 70.6 Å². The minimum atomic E-state index is -0.534. The summed E-state index contributed by atoms with van der Waals surface area (Å²) in [6, 6.07) is 13.9. The van der Waals surface area contributed by atoms with Crippen molar-refractivity contribution in [2.45, 2.75) is 11.7 Å². The first-order valence-corrected chi connectivity index (χ1v) is 9.01. The van der Waals surface area contributed by atoms with E-state index in [-0.39, 0.29) is 18.2 Å². The number of hydrogen-bond acceptors (Lipinski definition) is 4. The number of carbonyl (C=O) groups is 2. The van der Waals surface area contributed by atoms with Gasteiger partial charge in [-0.2, -0.15) is 0 Å². The van der Waals surface area contributed by atoms with E-state index in [0.29, 0.717) is 26.6 Å². The molecule has 1 heterocycles. The highest BCUT2D eigenvalue weighted by Gasteiger charge is 2.32. The molecule has 1 aliphatic rings. The molecule has 0 bridgehead atoms. The van der Waals surface area contributed by atoms with Crippen LogP contribution in [0, 0.1) is 0 Å². The summed E-state index contributed by atoms with van der Waals surface area (Å²) in [7, 11) is 0. The zero-order valence-corrected chi connectivity index (χ0v) is 15.2. The van der Waals surface area contributed by atoms with Crippen molar-refractivity contribution in [3.05, 3.63) is 58.6 Å². The summed E-state index contributed by atoms with van der Waals surface area (Å²) in [5.41, 5.74) is 1.20. The van der Waals surface area contributed by atoms with Gasteiger partial charge < -0.3 is 10.6 Å². The molecule has 2 aromatic carbocycles. The summed E-state index contributed by atoms with van der Waals surface area (Å²) < 4.78 is 0. The zero-order chi connectivity index (χ0) is 17.8. The lowest BCUT2D eigenvalue weighted by atomic mass is 10.2. The van der Waals surface area contributed by atoms with Gasteiger partial charge in [0.05, 0.1) is 16.4 Å². The highest BCUT2D eigenvalue weighted by molar-refractivity contribution is 8.15. The molecule has 0 spiro atoms. The van der Waals surface area contributed by atoms with Crippen LogP contribution in [0.25, 0.3) is 0 Å². The summed E-state index contributed by atoms with van der Waals surface area (Å²) in [5.74, 6) is -0.527. The number of nitrogens with one attached hydrogen (secondary N) is 2. The molecule has 1 saturated heterocycles. The van der Waals surface area contributed by atoms with Crippen LogP contribution in [-0.4, -0.2) is 22.2 Å². The monoisotopic (exact) mass is 393 g/mol. The molecular formula is C17H13Cl2N3O2S. The van der Waals surface area contributed by atoms with Crippen molar-refractivity contribution in [3.63, 3.8) is 0 Å². The van der Waals surface area contributed by atoms with E-state index >= 15 is 0 Å². The van der Waals surface area contributed by atoms with Gasteiger partial charge in [0.2, 0.25) is 11.8 Å². The van der Waals surface area contributed by atoms with Crippen molar-refractivity contribution >= 4 is 63.3 Å². The smallest absolute Gasteiger partial charge is 0.240 e. The number of hydrogen-bond donors (Lipinski definition) is 2. The van der Waals surface area contributed by atoms with Crippen LogP contribution in [0.4, 0.5) is 11.4 Å². The van der Waals surface area contributed by atoms with Crippen LogP contribution in [-0.2, 0) is 9.59 Å². The minimum Gasteiger partial charge on any atom is -0.325 e. The lowest BCUT2D eigenvalue weighted by Crippen LogP contribution is -2.28. The Morgan fingerprint density at radius 2 is 1.88 bits per heavy atom. The van der Waals surface area contributed by atoms with Gasteiger partial charge in [0.25, 0.3) is 0 Å². The first-order valence-electron chi connectivity index (χ1n) is 7.37. The second-order valence-electron chi connectivity index (χ2n) is 5.22. The van der Waals surface area contributed by atoms with E-state index in [1.165, 1.54) is 11.8 Å². The average Bonchev–Trinajstić information content (AvgIpc) is 2.91. The number of rotatable bonds is 4. The Labute approximate surface area is 158 Å². The number of para-hydroxylation sites is 1. The predicted molar refractivity (Wildman–Crippen MR) is 103 cm³/mol. The first-order chi connectivity index (χ1) is 12.0. The number of aliphatic imine (C=N–C) groups is 1. The number of benzene rings is 2. The molecule has 1 fully saturated rings. The number of halogens is 2. The van der Waals surface area contributed by atoms with Gasteiger partial charge in [0.15, 0.2) is 5.17 Å². The highest BCUT2D eigenvalue weighted by atomic mass is 35.5. The number of anilines is 1. The van der Waals surface area contributed by atoms with Gasteiger partial charge >= 0.3 is 0 Å². The summed E-state index contributed by atoms with van der Waals surface area (Å²) in [6.45, 7) is 0. The van der Waals surface area contributed by atoms with Crippen LogP contribution in [0.1, 0.15) is 6.42 Å². The number of nitrogens with zero attached hydrogens (tertiary/aromatic N) is 1. The highest BCUT2D eigenvalue weighted by Crippen LogP contribution is 2.27. The van der Waals surface area contributed by atoms with Gasteiger partial charge in [-0.25, -0.2) is 4.99 Å². The number of amides is 2. The van der Waals surface area contributed by atoms with Crippen molar-refractivity contribution < 1.29 is 9.59 Å². The van der Waals surface area contributed by atoms with Crippen LogP contribution in [0.2, 0.25) is 10.0 Å². The van der Waals surface area contributed by atoms with E-state index in [1.807, 2.05) is 0 Å². The van der Waals surface area contributed by atoms with Gasteiger partial charge in [-0.15, -0.1) is 0 Å². The summed E-state index contributed by atoms with van der Waals surface area (Å²) in [5, 5.41) is 6.38. The largest absolute Gasteiger partial charge is 0.325 e. The van der Waals surface area contributed by atoms with Crippen LogP contribution >= 0.6 is 35.0 Å². The maximum atomic E-state index is 12.2. The Kier molecular flexibility index (Phi) is 5.63. The van der Waals surface area contributed by atoms with Crippen molar-refractivity contribution in [2.75, 3.05) is 5.32 Å². The molecule has 8 heteroatoms. The van der Waals surface area contributed by atoms with Crippen LogP contribution in [0.15, 0.2) is 53.5 Å². The van der Waals surface area contributed by atoms with Crippen molar-refractivity contribution in [3.8, 4) is 0 Å². The zero-order valence-electron chi connectivity index (χ0n) is 12.8. The average molecular weight is 394 g/mol. The molecule has 0 unspecified atom stereocenters. The van der Waals surface area contributed by atoms with Crippen molar-refractivity contribution in [2.24, 2.45) is 4.99 Å². The normalized spacial score (nSPS) is 18.2. The standard InChI is InChI=1S/C17H13Cl2N3O2S/c18-10-5-7-11(8-6-10)20-17-22-16(24)14(25-17)9-15(23)21-13-4-2-1-3-12(13)19/h1-8,14H,9H2,(H,21,23)(H,20,22,24)/t14-/m0/s1. The van der Waals surface area contributed by atoms with Gasteiger partial charge in [-0.1, -0.05) is 47.1 Å². The second-order valence-corrected chi connectivity index (χ2v) is 7.26. The third-order valence-corrected chi connectivity index (χ3v) is 5.02. The fraction of sp³-hybridized carbons (Fsp3) is 0.118. The third kappa shape index (κ3) is 4.75. The number of carbonyl (C=O) groups excluding carboxylic acids is 2. The van der Waals surface area contributed by atoms with Gasteiger partial charge in [-0.3, -0.25) is 9.59 Å². The number of thioether (sulfide) groups is 1. The SMILES string of the molecule is O=C(C[C@@H]1SC(=Nc2ccc(Cl)cc2)NC1=O)Nc1ccccc1Cl. The summed E-state index contributed by atoms with van der Waals surface area (Å²) in [4.78, 5) is 28.5. The lowest BCUT2D eigenvalue weighted by molar-refractivity contribution is -0.122. The van der Waals surface area contributed by atoms with Gasteiger partial charge in [-0.05, 0) is 36.4 Å². The molecule has 2 amide bonds. The molecule has 128 valence electrons. The van der Waals surface area contributed by atoms with E-state index in [2.05, 4.69) is 15.6 Å². The molecule has 25 heavy (non-hydrogen) atoms. The molecule has 0 radical (unpaired) electrons. The maximum Gasteiger partial charge on any atom is 0.240 e. The molecular weight excluding hydrogens is 381 g/mol. The molecule has 5 nitrogen and oxygen atoms in total. The Morgan fingerprint density at radius 3 is 2.60 bits per heavy atom. The van der Waals surface area contributed by atoms with E-state index in [1.54, 1.807) is 48.5 Å². The molecule has 3 rings (SSSR count). The Morgan fingerprint density at radius 1 is 1.16 bits per heavy atom. The maximum absolute atomic E-state index is 12.2. The van der Waals surface area contributed by atoms with E-state index < -0.39 is 5.25 Å². The fourth-order valence-electron chi connectivity index (χ4n) is 2.16. The molecule has 0 aromatic heterocycles. The van der Waals surface area contributed by atoms with Gasteiger partial charge in [0.1, 0.15) is 5.25 Å². The van der Waals surface area contributed by atoms with E-state index in [0.717, 1.165) is 0 Å². The molecule has 2 N–H and O–H groups in total. The third-order valence-electron chi connectivity index (χ3n) is 3.35. The van der Waals surface area contributed by atoms with Crippen LogP contribution in [0.3, 0.4) is 0 Å². The summed E-state index contributed by atoms with van der Waals surface area (Å²) in [6.07, 6.45) is 0.0291. The quantitative estimate of drug-likeness (QED) is 0.815. The first kappa shape index (κ1) is 17.8. The van der Waals surface area contributed by atoms with Gasteiger partial charge in [0, 0.05) is 11.4 Å². The predicted octanol–water partition coefficient (Wildman–Crippen LogP) is 4.24. The molecule has 1 atom stereocenters. The molecule has 1 aliphatic heterocycles. The van der Waals surface area contributed by atoms with E-state index in [9.17, 15) is 9.59 Å².